The first kappa shape index (κ1) is 23.9. The molecule has 0 aliphatic heterocycles. The van der Waals surface area contributed by atoms with Crippen molar-refractivity contribution >= 4 is 31.5 Å². The minimum Gasteiger partial charge on any atom is -0.410 e. The van der Waals surface area contributed by atoms with E-state index >= 15 is 0 Å². The molecule has 0 bridgehead atoms. The fraction of sp³-hybridized carbons (Fsp3) is 0.750. The molecule has 0 aliphatic carbocycles. The third-order valence-electron chi connectivity index (χ3n) is 4.93. The molecule has 0 amide bonds. The predicted molar refractivity (Wildman–Crippen MR) is 115 cm³/mol. The molecule has 1 rings (SSSR count). The van der Waals surface area contributed by atoms with Crippen molar-refractivity contribution in [2.24, 2.45) is 0 Å². The Morgan fingerprint density at radius 1 is 1.00 bits per heavy atom. The van der Waals surface area contributed by atoms with Gasteiger partial charge in [-0.25, -0.2) is 0 Å². The number of aromatic nitrogens is 1. The van der Waals surface area contributed by atoms with Gasteiger partial charge in [-0.15, -0.1) is 0 Å². The van der Waals surface area contributed by atoms with Gasteiger partial charge in [0.05, 0.1) is 21.8 Å². The SMILES string of the molecule is CC[Si](CC)(CC)OC(CCCCOC(C)(C)C)c1c(Cl)cncc1Cl. The Labute approximate surface area is 170 Å². The topological polar surface area (TPSA) is 31.4 Å². The monoisotopic (exact) mass is 419 g/mol. The second-order valence-electron chi connectivity index (χ2n) is 7.82. The van der Waals surface area contributed by atoms with Gasteiger partial charge in [0.2, 0.25) is 0 Å². The number of hydrogen-bond donors (Lipinski definition) is 0. The first-order valence-electron chi connectivity index (χ1n) is 9.78. The maximum Gasteiger partial charge on any atom is 0.192 e. The zero-order valence-corrected chi connectivity index (χ0v) is 19.7. The normalized spacial score (nSPS) is 13.8. The van der Waals surface area contributed by atoms with Gasteiger partial charge in [0.25, 0.3) is 0 Å². The molecule has 0 aliphatic rings. The number of hydrogen-bond acceptors (Lipinski definition) is 3. The van der Waals surface area contributed by atoms with E-state index in [4.69, 9.17) is 32.4 Å². The highest BCUT2D eigenvalue weighted by Crippen LogP contribution is 2.38. The van der Waals surface area contributed by atoms with E-state index in [1.54, 1.807) is 12.4 Å². The molecule has 0 aromatic carbocycles. The Bertz CT molecular complexity index is 517. The van der Waals surface area contributed by atoms with Crippen LogP contribution in [-0.2, 0) is 9.16 Å². The molecule has 1 aromatic heterocycles. The molecule has 1 aromatic rings. The van der Waals surface area contributed by atoms with E-state index in [1.807, 2.05) is 0 Å². The summed E-state index contributed by atoms with van der Waals surface area (Å²) in [5.74, 6) is 0. The summed E-state index contributed by atoms with van der Waals surface area (Å²) in [4.78, 5) is 4.09. The molecule has 150 valence electrons. The van der Waals surface area contributed by atoms with Crippen molar-refractivity contribution in [3.05, 3.63) is 28.0 Å². The number of unbranched alkanes of at least 4 members (excludes halogenated alkanes) is 1. The van der Waals surface area contributed by atoms with Crippen LogP contribution in [0.5, 0.6) is 0 Å². The third kappa shape index (κ3) is 7.47. The standard InChI is InChI=1S/C20H35Cl2NO2Si/c1-7-26(8-2,9-3)25-18(12-10-11-13-24-20(4,5)6)19-16(21)14-23-15-17(19)22/h14-15,18H,7-13H2,1-6H3. The molecule has 0 N–H and O–H groups in total. The van der Waals surface area contributed by atoms with E-state index in [1.165, 1.54) is 0 Å². The van der Waals surface area contributed by atoms with Crippen LogP contribution < -0.4 is 0 Å². The summed E-state index contributed by atoms with van der Waals surface area (Å²) in [6, 6.07) is 3.30. The fourth-order valence-electron chi connectivity index (χ4n) is 3.10. The van der Waals surface area contributed by atoms with E-state index in [2.05, 4.69) is 46.5 Å². The molecular formula is C20H35Cl2NO2Si. The molecule has 1 unspecified atom stereocenters. The number of rotatable bonds is 11. The Balaban J connectivity index is 2.89. The average Bonchev–Trinajstić information content (AvgIpc) is 2.57. The molecule has 0 saturated carbocycles. The summed E-state index contributed by atoms with van der Waals surface area (Å²) in [5.41, 5.74) is 0.801. The molecule has 1 atom stereocenters. The molecule has 0 spiro atoms. The van der Waals surface area contributed by atoms with Crippen LogP contribution in [0.1, 0.15) is 72.5 Å². The lowest BCUT2D eigenvalue weighted by Gasteiger charge is -2.34. The molecule has 6 heteroatoms. The zero-order chi connectivity index (χ0) is 19.8. The van der Waals surface area contributed by atoms with Crippen LogP contribution in [0.25, 0.3) is 0 Å². The van der Waals surface area contributed by atoms with Crippen molar-refractivity contribution in [3.8, 4) is 0 Å². The molecular weight excluding hydrogens is 385 g/mol. The van der Waals surface area contributed by atoms with Crippen LogP contribution in [0, 0.1) is 0 Å². The van der Waals surface area contributed by atoms with Gasteiger partial charge in [-0.1, -0.05) is 44.0 Å². The van der Waals surface area contributed by atoms with Crippen LogP contribution in [0.2, 0.25) is 28.2 Å². The van der Waals surface area contributed by atoms with Gasteiger partial charge in [-0.2, -0.15) is 0 Å². The van der Waals surface area contributed by atoms with E-state index in [0.717, 1.165) is 49.6 Å². The van der Waals surface area contributed by atoms with Gasteiger partial charge in [0.1, 0.15) is 0 Å². The van der Waals surface area contributed by atoms with Gasteiger partial charge < -0.3 is 9.16 Å². The van der Waals surface area contributed by atoms with Crippen molar-refractivity contribution in [3.63, 3.8) is 0 Å². The predicted octanol–water partition coefficient (Wildman–Crippen LogP) is 7.44. The number of nitrogens with zero attached hydrogens (tertiary/aromatic N) is 1. The van der Waals surface area contributed by atoms with Crippen LogP contribution in [0.15, 0.2) is 12.4 Å². The van der Waals surface area contributed by atoms with Crippen molar-refractivity contribution in [1.82, 2.24) is 4.98 Å². The minimum atomic E-state index is -1.78. The van der Waals surface area contributed by atoms with Gasteiger partial charge in [-0.3, -0.25) is 4.98 Å². The third-order valence-corrected chi connectivity index (χ3v) is 10.2. The van der Waals surface area contributed by atoms with E-state index in [-0.39, 0.29) is 11.7 Å². The Morgan fingerprint density at radius 2 is 1.54 bits per heavy atom. The highest BCUT2D eigenvalue weighted by atomic mass is 35.5. The summed E-state index contributed by atoms with van der Waals surface area (Å²) < 4.78 is 12.6. The Kier molecular flexibility index (Phi) is 10.1. The second kappa shape index (κ2) is 11.0. The van der Waals surface area contributed by atoms with Crippen LogP contribution >= 0.6 is 23.2 Å². The first-order chi connectivity index (χ1) is 12.2. The molecule has 0 radical (unpaired) electrons. The average molecular weight is 420 g/mol. The number of pyridine rings is 1. The molecule has 0 saturated heterocycles. The van der Waals surface area contributed by atoms with Crippen molar-refractivity contribution in [2.45, 2.75) is 90.6 Å². The van der Waals surface area contributed by atoms with Crippen molar-refractivity contribution in [2.75, 3.05) is 6.61 Å². The quantitative estimate of drug-likeness (QED) is 0.275. The molecule has 26 heavy (non-hydrogen) atoms. The largest absolute Gasteiger partial charge is 0.410 e. The van der Waals surface area contributed by atoms with E-state index in [0.29, 0.717) is 10.0 Å². The first-order valence-corrected chi connectivity index (χ1v) is 13.1. The lowest BCUT2D eigenvalue weighted by Crippen LogP contribution is -2.37. The molecule has 1 heterocycles. The minimum absolute atomic E-state index is 0.0702. The summed E-state index contributed by atoms with van der Waals surface area (Å²) in [7, 11) is -1.78. The van der Waals surface area contributed by atoms with Crippen LogP contribution in [0.4, 0.5) is 0 Å². The molecule has 0 fully saturated rings. The summed E-state index contributed by atoms with van der Waals surface area (Å²) in [6.45, 7) is 13.7. The van der Waals surface area contributed by atoms with Crippen molar-refractivity contribution < 1.29 is 9.16 Å². The van der Waals surface area contributed by atoms with Crippen molar-refractivity contribution in [1.29, 1.82) is 0 Å². The summed E-state index contributed by atoms with van der Waals surface area (Å²) >= 11 is 12.9. The highest BCUT2D eigenvalue weighted by molar-refractivity contribution is 6.73. The van der Waals surface area contributed by atoms with Gasteiger partial charge in [0, 0.05) is 24.6 Å². The van der Waals surface area contributed by atoms with Gasteiger partial charge in [-0.05, 0) is 58.2 Å². The molecule has 3 nitrogen and oxygen atoms in total. The summed E-state index contributed by atoms with van der Waals surface area (Å²) in [6.07, 6.45) is 6.16. The number of halogens is 2. The van der Waals surface area contributed by atoms with Gasteiger partial charge >= 0.3 is 0 Å². The smallest absolute Gasteiger partial charge is 0.192 e. The number of ether oxygens (including phenoxy) is 1. The second-order valence-corrected chi connectivity index (χ2v) is 13.4. The van der Waals surface area contributed by atoms with Gasteiger partial charge in [0.15, 0.2) is 8.32 Å². The summed E-state index contributed by atoms with van der Waals surface area (Å²) in [5, 5.41) is 1.19. The van der Waals surface area contributed by atoms with E-state index < -0.39 is 8.32 Å². The maximum atomic E-state index is 6.78. The zero-order valence-electron chi connectivity index (χ0n) is 17.2. The lowest BCUT2D eigenvalue weighted by atomic mass is 10.0. The Morgan fingerprint density at radius 3 is 2.00 bits per heavy atom. The Hall–Kier alpha value is -0.133. The lowest BCUT2D eigenvalue weighted by molar-refractivity contribution is -0.00555. The fourth-order valence-corrected chi connectivity index (χ4v) is 6.55. The highest BCUT2D eigenvalue weighted by Gasteiger charge is 2.33. The van der Waals surface area contributed by atoms with E-state index in [9.17, 15) is 0 Å². The van der Waals surface area contributed by atoms with Crippen LogP contribution in [0.3, 0.4) is 0 Å². The van der Waals surface area contributed by atoms with Crippen LogP contribution in [-0.4, -0.2) is 25.5 Å². The maximum absolute atomic E-state index is 6.78.